The summed E-state index contributed by atoms with van der Waals surface area (Å²) in [5.41, 5.74) is 10.4. The summed E-state index contributed by atoms with van der Waals surface area (Å²) in [6, 6.07) is 4.54. The summed E-state index contributed by atoms with van der Waals surface area (Å²) in [5, 5.41) is 0. The molecule has 1 aliphatic heterocycles. The second kappa shape index (κ2) is 2.99. The van der Waals surface area contributed by atoms with Gasteiger partial charge in [0.25, 0.3) is 0 Å². The van der Waals surface area contributed by atoms with Crippen LogP contribution in [-0.2, 0) is 19.3 Å². The topological polar surface area (TPSA) is 35.2 Å². The predicted molar refractivity (Wildman–Crippen MR) is 60.3 cm³/mol. The van der Waals surface area contributed by atoms with Gasteiger partial charge in [0.05, 0.1) is 6.61 Å². The van der Waals surface area contributed by atoms with Gasteiger partial charge in [0.1, 0.15) is 5.75 Å². The van der Waals surface area contributed by atoms with Gasteiger partial charge in [-0.25, -0.2) is 0 Å². The lowest BCUT2D eigenvalue weighted by atomic mass is 9.79. The van der Waals surface area contributed by atoms with E-state index in [1.54, 1.807) is 0 Å². The molecule has 1 heterocycles. The van der Waals surface area contributed by atoms with Crippen LogP contribution in [0.15, 0.2) is 12.1 Å². The Balaban J connectivity index is 2.04. The molecule has 1 aromatic carbocycles. The number of ether oxygens (including phenoxy) is 1. The van der Waals surface area contributed by atoms with E-state index in [-0.39, 0.29) is 5.54 Å². The van der Waals surface area contributed by atoms with E-state index < -0.39 is 0 Å². The van der Waals surface area contributed by atoms with Crippen LogP contribution < -0.4 is 10.5 Å². The summed E-state index contributed by atoms with van der Waals surface area (Å²) < 4.78 is 5.59. The van der Waals surface area contributed by atoms with Gasteiger partial charge >= 0.3 is 0 Å². The van der Waals surface area contributed by atoms with E-state index in [0.717, 1.165) is 38.0 Å². The first-order valence-electron chi connectivity index (χ1n) is 5.70. The van der Waals surface area contributed by atoms with E-state index in [9.17, 15) is 0 Å². The molecule has 0 aromatic heterocycles. The molecule has 2 heteroatoms. The number of nitrogens with two attached hydrogens (primary N) is 1. The summed E-state index contributed by atoms with van der Waals surface area (Å²) in [5.74, 6) is 1.11. The minimum Gasteiger partial charge on any atom is -0.493 e. The Morgan fingerprint density at radius 2 is 2.07 bits per heavy atom. The fourth-order valence-electron chi connectivity index (χ4n) is 2.66. The molecule has 3 rings (SSSR count). The van der Waals surface area contributed by atoms with Crippen LogP contribution in [0.25, 0.3) is 0 Å². The SMILES string of the molecule is CC1(N)CCc2cc3c(cc2C1)CCO3. The largest absolute Gasteiger partial charge is 0.493 e. The van der Waals surface area contributed by atoms with Gasteiger partial charge in [-0.15, -0.1) is 0 Å². The molecule has 80 valence electrons. The van der Waals surface area contributed by atoms with Crippen LogP contribution >= 0.6 is 0 Å². The van der Waals surface area contributed by atoms with Gasteiger partial charge in [-0.3, -0.25) is 0 Å². The van der Waals surface area contributed by atoms with E-state index in [1.165, 1.54) is 16.7 Å². The molecule has 0 fully saturated rings. The van der Waals surface area contributed by atoms with Gasteiger partial charge in [0.2, 0.25) is 0 Å². The van der Waals surface area contributed by atoms with Gasteiger partial charge < -0.3 is 10.5 Å². The zero-order chi connectivity index (χ0) is 10.5. The van der Waals surface area contributed by atoms with Crippen molar-refractivity contribution in [2.45, 2.75) is 38.1 Å². The van der Waals surface area contributed by atoms with Crippen molar-refractivity contribution in [2.75, 3.05) is 6.61 Å². The van der Waals surface area contributed by atoms with Crippen LogP contribution in [0.1, 0.15) is 30.0 Å². The molecule has 1 unspecified atom stereocenters. The minimum atomic E-state index is -0.0132. The number of hydrogen-bond acceptors (Lipinski definition) is 2. The summed E-state index contributed by atoms with van der Waals surface area (Å²) in [4.78, 5) is 0. The minimum absolute atomic E-state index is 0.0132. The van der Waals surface area contributed by atoms with E-state index >= 15 is 0 Å². The van der Waals surface area contributed by atoms with Crippen molar-refractivity contribution >= 4 is 0 Å². The molecule has 15 heavy (non-hydrogen) atoms. The van der Waals surface area contributed by atoms with Gasteiger partial charge in [0, 0.05) is 12.0 Å². The van der Waals surface area contributed by atoms with E-state index in [0.29, 0.717) is 0 Å². The first-order valence-corrected chi connectivity index (χ1v) is 5.70. The summed E-state index contributed by atoms with van der Waals surface area (Å²) >= 11 is 0. The molecular formula is C13H17NO. The standard InChI is InChI=1S/C13H17NO/c1-13(14)4-2-9-7-12-10(3-5-15-12)6-11(9)8-13/h6-7H,2-5,8,14H2,1H3. The highest BCUT2D eigenvalue weighted by Crippen LogP contribution is 2.34. The lowest BCUT2D eigenvalue weighted by Gasteiger charge is -2.31. The molecule has 0 radical (unpaired) electrons. The van der Waals surface area contributed by atoms with Gasteiger partial charge in [0.15, 0.2) is 0 Å². The fraction of sp³-hybridized carbons (Fsp3) is 0.538. The summed E-state index contributed by atoms with van der Waals surface area (Å²) in [6.45, 7) is 3.00. The second-order valence-corrected chi connectivity index (χ2v) is 5.16. The molecule has 0 amide bonds. The Kier molecular flexibility index (Phi) is 1.84. The molecule has 1 aromatic rings. The molecule has 1 atom stereocenters. The molecular weight excluding hydrogens is 186 g/mol. The highest BCUT2D eigenvalue weighted by molar-refractivity contribution is 5.46. The first kappa shape index (κ1) is 9.22. The zero-order valence-corrected chi connectivity index (χ0v) is 9.18. The van der Waals surface area contributed by atoms with Crippen LogP contribution in [-0.4, -0.2) is 12.1 Å². The van der Waals surface area contributed by atoms with E-state index in [2.05, 4.69) is 19.1 Å². The van der Waals surface area contributed by atoms with Crippen LogP contribution in [0.2, 0.25) is 0 Å². The molecule has 2 N–H and O–H groups in total. The Morgan fingerprint density at radius 1 is 1.20 bits per heavy atom. The first-order chi connectivity index (χ1) is 7.14. The Bertz CT molecular complexity index is 409. The van der Waals surface area contributed by atoms with Crippen LogP contribution in [0.5, 0.6) is 5.75 Å². The van der Waals surface area contributed by atoms with Crippen molar-refractivity contribution in [1.82, 2.24) is 0 Å². The molecule has 0 spiro atoms. The van der Waals surface area contributed by atoms with Crippen molar-refractivity contribution in [1.29, 1.82) is 0 Å². The number of benzene rings is 1. The Hall–Kier alpha value is -1.02. The molecule has 0 bridgehead atoms. The second-order valence-electron chi connectivity index (χ2n) is 5.16. The molecule has 1 aliphatic carbocycles. The molecule has 0 saturated carbocycles. The zero-order valence-electron chi connectivity index (χ0n) is 9.18. The van der Waals surface area contributed by atoms with Crippen molar-refractivity contribution in [2.24, 2.45) is 5.73 Å². The maximum atomic E-state index is 6.21. The Labute approximate surface area is 90.4 Å². The van der Waals surface area contributed by atoms with Crippen molar-refractivity contribution in [3.05, 3.63) is 28.8 Å². The van der Waals surface area contributed by atoms with Gasteiger partial charge in [-0.2, -0.15) is 0 Å². The normalized spacial score (nSPS) is 28.1. The van der Waals surface area contributed by atoms with Crippen LogP contribution in [0.3, 0.4) is 0 Å². The number of fused-ring (bicyclic) bond motifs is 2. The van der Waals surface area contributed by atoms with Crippen LogP contribution in [0.4, 0.5) is 0 Å². The smallest absolute Gasteiger partial charge is 0.122 e. The Morgan fingerprint density at radius 3 is 2.93 bits per heavy atom. The monoisotopic (exact) mass is 203 g/mol. The maximum absolute atomic E-state index is 6.21. The lowest BCUT2D eigenvalue weighted by Crippen LogP contribution is -2.41. The van der Waals surface area contributed by atoms with Crippen molar-refractivity contribution in [3.63, 3.8) is 0 Å². The fourth-order valence-corrected chi connectivity index (χ4v) is 2.66. The van der Waals surface area contributed by atoms with Crippen molar-refractivity contribution in [3.8, 4) is 5.75 Å². The quantitative estimate of drug-likeness (QED) is 0.698. The van der Waals surface area contributed by atoms with Crippen molar-refractivity contribution < 1.29 is 4.74 Å². The molecule has 0 saturated heterocycles. The average molecular weight is 203 g/mol. The third-order valence-corrected chi connectivity index (χ3v) is 3.57. The van der Waals surface area contributed by atoms with E-state index in [4.69, 9.17) is 10.5 Å². The third-order valence-electron chi connectivity index (χ3n) is 3.57. The number of aryl methyl sites for hydroxylation is 1. The highest BCUT2D eigenvalue weighted by Gasteiger charge is 2.27. The third kappa shape index (κ3) is 1.53. The lowest BCUT2D eigenvalue weighted by molar-refractivity contribution is 0.355. The summed E-state index contributed by atoms with van der Waals surface area (Å²) in [6.07, 6.45) is 4.25. The summed E-state index contributed by atoms with van der Waals surface area (Å²) in [7, 11) is 0. The van der Waals surface area contributed by atoms with E-state index in [1.807, 2.05) is 0 Å². The van der Waals surface area contributed by atoms with Gasteiger partial charge in [-0.05, 0) is 48.9 Å². The van der Waals surface area contributed by atoms with Crippen LogP contribution in [0, 0.1) is 0 Å². The predicted octanol–water partition coefficient (Wildman–Crippen LogP) is 1.83. The molecule has 2 aliphatic rings. The molecule has 2 nitrogen and oxygen atoms in total. The highest BCUT2D eigenvalue weighted by atomic mass is 16.5. The maximum Gasteiger partial charge on any atom is 0.122 e. The number of hydrogen-bond donors (Lipinski definition) is 1. The van der Waals surface area contributed by atoms with Gasteiger partial charge in [-0.1, -0.05) is 6.07 Å². The number of rotatable bonds is 0. The average Bonchev–Trinajstić information content (AvgIpc) is 2.60.